The molecule has 1 aromatic rings. The first-order valence-corrected chi connectivity index (χ1v) is 7.81. The van der Waals surface area contributed by atoms with Gasteiger partial charge >= 0.3 is 0 Å². The summed E-state index contributed by atoms with van der Waals surface area (Å²) in [6.07, 6.45) is 0.749. The molecule has 19 heavy (non-hydrogen) atoms. The van der Waals surface area contributed by atoms with Crippen LogP contribution in [0.5, 0.6) is 0 Å². The molecule has 0 amide bonds. The van der Waals surface area contributed by atoms with E-state index in [1.807, 2.05) is 6.92 Å². The minimum Gasteiger partial charge on any atom is -0.295 e. The summed E-state index contributed by atoms with van der Waals surface area (Å²) >= 11 is 0. The molecule has 0 atom stereocenters. The molecule has 0 heterocycles. The monoisotopic (exact) mass is 283 g/mol. The number of sulfonamides is 1. The molecular formula is C14H21NO3S. The molecule has 0 bridgehead atoms. The zero-order valence-corrected chi connectivity index (χ0v) is 12.7. The first kappa shape index (κ1) is 15.9. The van der Waals surface area contributed by atoms with E-state index in [-0.39, 0.29) is 5.78 Å². The van der Waals surface area contributed by atoms with Crippen molar-refractivity contribution in [3.05, 3.63) is 35.4 Å². The lowest BCUT2D eigenvalue weighted by Gasteiger charge is -2.25. The fourth-order valence-corrected chi connectivity index (χ4v) is 2.96. The molecule has 1 aromatic carbocycles. The molecule has 1 N–H and O–H groups in total. The summed E-state index contributed by atoms with van der Waals surface area (Å²) in [7, 11) is -3.44. The topological polar surface area (TPSA) is 63.2 Å². The maximum absolute atomic E-state index is 12.3. The molecular weight excluding hydrogens is 262 g/mol. The molecule has 0 spiro atoms. The Morgan fingerprint density at radius 1 is 1.21 bits per heavy atom. The zero-order chi connectivity index (χ0) is 14.7. The summed E-state index contributed by atoms with van der Waals surface area (Å²) in [5.74, 6) is -0.0312. The van der Waals surface area contributed by atoms with Gasteiger partial charge in [0.1, 0.15) is 4.75 Å². The van der Waals surface area contributed by atoms with Crippen LogP contribution in [-0.2, 0) is 14.8 Å². The molecule has 0 unspecified atom stereocenters. The minimum atomic E-state index is -3.44. The Hall–Kier alpha value is -1.20. The molecule has 0 aliphatic heterocycles. The fourth-order valence-electron chi connectivity index (χ4n) is 1.68. The van der Waals surface area contributed by atoms with Crippen LogP contribution in [0.25, 0.3) is 0 Å². The molecule has 5 heteroatoms. The van der Waals surface area contributed by atoms with Crippen LogP contribution < -0.4 is 4.72 Å². The van der Waals surface area contributed by atoms with Gasteiger partial charge in [0.25, 0.3) is 0 Å². The molecule has 0 saturated heterocycles. The molecule has 1 rings (SSSR count). The van der Waals surface area contributed by atoms with E-state index >= 15 is 0 Å². The zero-order valence-electron chi connectivity index (χ0n) is 11.9. The maximum Gasteiger partial charge on any atom is 0.221 e. The lowest BCUT2D eigenvalue weighted by molar-refractivity contribution is 0.101. The molecule has 106 valence electrons. The molecule has 0 saturated carbocycles. The number of hydrogen-bond acceptors (Lipinski definition) is 3. The lowest BCUT2D eigenvalue weighted by Crippen LogP contribution is -2.40. The minimum absolute atomic E-state index is 0.0312. The van der Waals surface area contributed by atoms with Crippen LogP contribution in [0.1, 0.15) is 50.0 Å². The summed E-state index contributed by atoms with van der Waals surface area (Å²) < 4.78 is 26.1. The Bertz CT molecular complexity index is 545. The highest BCUT2D eigenvalue weighted by molar-refractivity contribution is 7.90. The molecule has 0 fully saturated rings. The number of ketones is 1. The van der Waals surface area contributed by atoms with Crippen molar-refractivity contribution in [2.45, 2.75) is 38.9 Å². The van der Waals surface area contributed by atoms with Crippen molar-refractivity contribution in [1.82, 2.24) is 4.72 Å². The molecule has 0 aliphatic rings. The van der Waals surface area contributed by atoms with Gasteiger partial charge in [-0.2, -0.15) is 0 Å². The highest BCUT2D eigenvalue weighted by Gasteiger charge is 2.35. The number of rotatable bonds is 6. The molecule has 0 aliphatic carbocycles. The van der Waals surface area contributed by atoms with Crippen molar-refractivity contribution in [2.75, 3.05) is 6.54 Å². The van der Waals surface area contributed by atoms with Gasteiger partial charge in [-0.05, 0) is 32.8 Å². The SMILES string of the molecule is CCCNS(=O)(=O)C(C)(C)c1ccc(C(C)=O)cc1. The van der Waals surface area contributed by atoms with Gasteiger partial charge < -0.3 is 0 Å². The largest absolute Gasteiger partial charge is 0.295 e. The van der Waals surface area contributed by atoms with Gasteiger partial charge in [-0.25, -0.2) is 13.1 Å². The number of hydrogen-bond donors (Lipinski definition) is 1. The number of carbonyl (C=O) groups excluding carboxylic acids is 1. The second-order valence-electron chi connectivity index (χ2n) is 5.04. The Kier molecular flexibility index (Phi) is 4.87. The number of Topliss-reactive ketones (excluding diaryl/α,β-unsaturated/α-hetero) is 1. The van der Waals surface area contributed by atoms with E-state index in [2.05, 4.69) is 4.72 Å². The fraction of sp³-hybridized carbons (Fsp3) is 0.500. The maximum atomic E-state index is 12.3. The normalized spacial score (nSPS) is 12.4. The van der Waals surface area contributed by atoms with Crippen LogP contribution in [0, 0.1) is 0 Å². The van der Waals surface area contributed by atoms with Crippen LogP contribution in [0.4, 0.5) is 0 Å². The Balaban J connectivity index is 3.09. The van der Waals surface area contributed by atoms with Crippen LogP contribution in [0.15, 0.2) is 24.3 Å². The van der Waals surface area contributed by atoms with Gasteiger partial charge in [-0.3, -0.25) is 4.79 Å². The summed E-state index contributed by atoms with van der Waals surface area (Å²) in [6.45, 7) is 7.15. The molecule has 0 radical (unpaired) electrons. The highest BCUT2D eigenvalue weighted by atomic mass is 32.2. The van der Waals surface area contributed by atoms with Crippen LogP contribution in [-0.4, -0.2) is 20.7 Å². The van der Waals surface area contributed by atoms with Crippen molar-refractivity contribution in [3.8, 4) is 0 Å². The number of carbonyl (C=O) groups is 1. The van der Waals surface area contributed by atoms with Crippen LogP contribution in [0.3, 0.4) is 0 Å². The Labute approximate surface area is 115 Å². The van der Waals surface area contributed by atoms with Gasteiger partial charge in [0.15, 0.2) is 5.78 Å². The van der Waals surface area contributed by atoms with Crippen molar-refractivity contribution in [2.24, 2.45) is 0 Å². The Morgan fingerprint density at radius 2 is 1.74 bits per heavy atom. The van der Waals surface area contributed by atoms with E-state index < -0.39 is 14.8 Å². The van der Waals surface area contributed by atoms with Crippen LogP contribution >= 0.6 is 0 Å². The van der Waals surface area contributed by atoms with E-state index in [0.717, 1.165) is 6.42 Å². The van der Waals surface area contributed by atoms with E-state index in [4.69, 9.17) is 0 Å². The van der Waals surface area contributed by atoms with Crippen molar-refractivity contribution in [1.29, 1.82) is 0 Å². The predicted octanol–water partition coefficient (Wildman–Crippen LogP) is 2.45. The summed E-state index contributed by atoms with van der Waals surface area (Å²) in [6, 6.07) is 6.72. The second-order valence-corrected chi connectivity index (χ2v) is 7.36. The van der Waals surface area contributed by atoms with Crippen molar-refractivity contribution < 1.29 is 13.2 Å². The van der Waals surface area contributed by atoms with E-state index in [1.165, 1.54) is 6.92 Å². The summed E-state index contributed by atoms with van der Waals surface area (Å²) in [5.41, 5.74) is 1.25. The third kappa shape index (κ3) is 3.42. The molecule has 0 aromatic heterocycles. The summed E-state index contributed by atoms with van der Waals surface area (Å²) in [5, 5.41) is 0. The van der Waals surface area contributed by atoms with E-state index in [0.29, 0.717) is 17.7 Å². The first-order valence-electron chi connectivity index (χ1n) is 6.33. The average Bonchev–Trinajstić information content (AvgIpc) is 2.36. The third-order valence-corrected chi connectivity index (χ3v) is 5.36. The average molecular weight is 283 g/mol. The molecule has 4 nitrogen and oxygen atoms in total. The second kappa shape index (κ2) is 5.84. The van der Waals surface area contributed by atoms with Crippen LogP contribution in [0.2, 0.25) is 0 Å². The third-order valence-electron chi connectivity index (χ3n) is 3.20. The first-order chi connectivity index (χ1) is 8.72. The van der Waals surface area contributed by atoms with Gasteiger partial charge in [0.05, 0.1) is 0 Å². The van der Waals surface area contributed by atoms with E-state index in [9.17, 15) is 13.2 Å². The van der Waals surface area contributed by atoms with Crippen molar-refractivity contribution in [3.63, 3.8) is 0 Å². The standard InChI is InChI=1S/C14H21NO3S/c1-5-10-15-19(17,18)14(3,4)13-8-6-12(7-9-13)11(2)16/h6-9,15H,5,10H2,1-4H3. The van der Waals surface area contributed by atoms with Gasteiger partial charge in [-0.1, -0.05) is 31.2 Å². The van der Waals surface area contributed by atoms with E-state index in [1.54, 1.807) is 38.1 Å². The van der Waals surface area contributed by atoms with Gasteiger partial charge in [0, 0.05) is 12.1 Å². The highest BCUT2D eigenvalue weighted by Crippen LogP contribution is 2.29. The predicted molar refractivity (Wildman–Crippen MR) is 76.7 cm³/mol. The lowest BCUT2D eigenvalue weighted by atomic mass is 10.00. The smallest absolute Gasteiger partial charge is 0.221 e. The van der Waals surface area contributed by atoms with Gasteiger partial charge in [0.2, 0.25) is 10.0 Å². The number of nitrogens with one attached hydrogen (secondary N) is 1. The number of benzene rings is 1. The quantitative estimate of drug-likeness (QED) is 0.816. The van der Waals surface area contributed by atoms with Gasteiger partial charge in [-0.15, -0.1) is 0 Å². The Morgan fingerprint density at radius 3 is 2.16 bits per heavy atom. The van der Waals surface area contributed by atoms with Crippen molar-refractivity contribution >= 4 is 15.8 Å². The summed E-state index contributed by atoms with van der Waals surface area (Å²) in [4.78, 5) is 11.2.